The first kappa shape index (κ1) is 74.2. The third kappa shape index (κ3) is 13.7. The maximum absolute atomic E-state index is 7.97. The summed E-state index contributed by atoms with van der Waals surface area (Å²) in [5, 5.41) is 10.2. The van der Waals surface area contributed by atoms with Gasteiger partial charge in [0.25, 0.3) is 0 Å². The number of hydrogen-bond acceptors (Lipinski definition) is 0. The topological polar surface area (TPSA) is 15.5 Å². The molecule has 0 atom stereocenters. The summed E-state index contributed by atoms with van der Waals surface area (Å²) >= 11 is 0. The fourth-order valence-electron chi connectivity index (χ4n) is 21.9. The third-order valence-corrected chi connectivity index (χ3v) is 32.9. The van der Waals surface area contributed by atoms with Gasteiger partial charge in [-0.25, -0.2) is 18.3 Å². The Morgan fingerprint density at radius 2 is 0.484 bits per heavy atom. The highest BCUT2D eigenvalue weighted by Gasteiger charge is 2.52. The molecule has 0 spiro atoms. The Morgan fingerprint density at radius 3 is 0.922 bits per heavy atom. The molecule has 0 aliphatic heterocycles. The number of nitrogens with zero attached hydrogens (tertiary/aromatic N) is 4. The molecule has 0 saturated carbocycles. The molecule has 0 amide bonds. The van der Waals surface area contributed by atoms with Crippen LogP contribution in [0.2, 0.25) is 0 Å². The molecule has 4 heteroatoms. The number of fused-ring (bicyclic) bond motifs is 18. The van der Waals surface area contributed by atoms with Crippen molar-refractivity contribution in [3.05, 3.63) is 354 Å². The highest BCUT2D eigenvalue weighted by molar-refractivity contribution is 6.03. The van der Waals surface area contributed by atoms with Crippen LogP contribution in [-0.4, -0.2) is 0 Å². The van der Waals surface area contributed by atoms with E-state index in [1.807, 2.05) is 92.4 Å². The predicted octanol–water partition coefficient (Wildman–Crippen LogP) is 30.0. The van der Waals surface area contributed by atoms with Crippen molar-refractivity contribution in [2.24, 2.45) is 28.2 Å². The average molecular weight is 1690 g/mol. The molecule has 16 aromatic rings. The monoisotopic (exact) mass is 1690 g/mol. The third-order valence-electron chi connectivity index (χ3n) is 32.9. The molecule has 0 bridgehead atoms. The van der Waals surface area contributed by atoms with Crippen LogP contribution in [0.3, 0.4) is 0 Å². The van der Waals surface area contributed by atoms with Crippen molar-refractivity contribution in [2.45, 2.75) is 237 Å². The minimum Gasteiger partial charge on any atom is -0.201 e. The van der Waals surface area contributed by atoms with Crippen molar-refractivity contribution in [3.63, 3.8) is 0 Å². The summed E-state index contributed by atoms with van der Waals surface area (Å²) in [6.07, 6.45) is 7.10. The van der Waals surface area contributed by atoms with Gasteiger partial charge >= 0.3 is 0 Å². The van der Waals surface area contributed by atoms with Gasteiger partial charge in [-0.05, 0) is 340 Å². The zero-order valence-electron chi connectivity index (χ0n) is 92.9. The Hall–Kier alpha value is -11.7. The van der Waals surface area contributed by atoms with Crippen LogP contribution >= 0.6 is 0 Å². The van der Waals surface area contributed by atoms with Gasteiger partial charge in [-0.3, -0.25) is 0 Å². The van der Waals surface area contributed by atoms with Crippen molar-refractivity contribution < 1.29 is 34.7 Å². The Labute approximate surface area is 782 Å². The highest BCUT2D eigenvalue weighted by atomic mass is 14.9. The van der Waals surface area contributed by atoms with Gasteiger partial charge in [0, 0.05) is 85.1 Å². The van der Waals surface area contributed by atoms with Crippen LogP contribution < -0.4 is 18.3 Å². The van der Waals surface area contributed by atoms with E-state index in [0.29, 0.717) is 22.3 Å². The van der Waals surface area contributed by atoms with Gasteiger partial charge in [0.1, 0.15) is 28.2 Å². The van der Waals surface area contributed by atoms with Gasteiger partial charge in [0.2, 0.25) is 22.8 Å². The second-order valence-corrected chi connectivity index (χ2v) is 42.2. The Bertz CT molecular complexity index is 7700. The maximum Gasteiger partial charge on any atom is 0.213 e. The highest BCUT2D eigenvalue weighted by Crippen LogP contribution is 2.62. The smallest absolute Gasteiger partial charge is 0.201 e. The summed E-state index contributed by atoms with van der Waals surface area (Å²) in [5.41, 5.74) is 38.9. The molecule has 4 aliphatic carbocycles. The van der Waals surface area contributed by atoms with Crippen LogP contribution in [0.25, 0.3) is 133 Å². The Balaban J connectivity index is 0.000000129. The molecule has 0 radical (unpaired) electrons. The number of aromatic nitrogens is 4. The van der Waals surface area contributed by atoms with Crippen LogP contribution in [0.1, 0.15) is 238 Å². The quantitative estimate of drug-likeness (QED) is 0.156. The molecule has 4 aliphatic rings. The van der Waals surface area contributed by atoms with E-state index in [2.05, 4.69) is 339 Å². The first-order valence-electron chi connectivity index (χ1n) is 51.7. The van der Waals surface area contributed by atoms with E-state index in [4.69, 9.17) is 16.4 Å². The number of benzene rings is 12. The number of hydrogen-bond donors (Lipinski definition) is 0. The van der Waals surface area contributed by atoms with Gasteiger partial charge in [-0.2, -0.15) is 0 Å². The Morgan fingerprint density at radius 1 is 0.195 bits per heavy atom. The molecule has 0 N–H and O–H groups in total. The lowest BCUT2D eigenvalue weighted by Crippen LogP contribution is -2.44. The van der Waals surface area contributed by atoms with Gasteiger partial charge in [-0.15, -0.1) is 0 Å². The molecular weight excluding hydrogens is 1550 g/mol. The van der Waals surface area contributed by atoms with E-state index in [-0.39, 0.29) is 43.3 Å². The minimum absolute atomic E-state index is 0.0743. The molecular formula is C124H136N4+4. The number of pyridine rings is 4. The molecule has 648 valence electrons. The van der Waals surface area contributed by atoms with E-state index in [1.165, 1.54) is 160 Å². The molecule has 0 saturated heterocycles. The van der Waals surface area contributed by atoms with E-state index in [0.717, 1.165) is 61.7 Å². The van der Waals surface area contributed by atoms with Crippen LogP contribution in [0.5, 0.6) is 0 Å². The number of rotatable bonds is 4. The second kappa shape index (κ2) is 31.0. The van der Waals surface area contributed by atoms with Crippen LogP contribution in [0.15, 0.2) is 243 Å². The zero-order chi connectivity index (χ0) is 102. The van der Waals surface area contributed by atoms with Crippen molar-refractivity contribution in [3.8, 4) is 89.5 Å². The van der Waals surface area contributed by atoms with Gasteiger partial charge in [0.15, 0.2) is 24.8 Å². The Kier molecular flexibility index (Phi) is 18.0. The fourth-order valence-corrected chi connectivity index (χ4v) is 21.9. The molecule has 4 heterocycles. The standard InChI is InChI=1S/4C31H34N/c1-19-14-29(32(8)18-21(19)3)24-17-28-25(13-20(24)2)26-15-22-11-9-10-12-23(22)16-27(26)30(4,5)31(28,6)7;1-19-16-28(32(8)18-21(19)3)24-17-27-25(15-20(24)2)29-23-12-10-9-11-22(23)13-14-26(29)30(4,5)31(27,6)7;1-19-16-28(32(8)18-21(19)3)25-17-27-26(15-20(25)2)24-14-13-22-11-9-10-12-23(22)29(24)31(6,7)30(27,4)5;1-19-13-14-25-29(28(19)27-15-20(2)21(3)18-32(27)8)24-16-22-11-9-10-12-23(22)17-26(24)31(6,7)30(25,4)5/h4*9-18H,1-8H3/q4*+1/i4*3D3. The zero-order valence-corrected chi connectivity index (χ0v) is 80.9. The lowest BCUT2D eigenvalue weighted by atomic mass is 9.54. The summed E-state index contributed by atoms with van der Waals surface area (Å²) in [4.78, 5) is 0. The number of aryl methyl sites for hydroxylation is 16. The first-order chi connectivity index (χ1) is 65.0. The maximum atomic E-state index is 7.97. The van der Waals surface area contributed by atoms with E-state index < -0.39 is 27.4 Å². The predicted molar refractivity (Wildman–Crippen MR) is 545 cm³/mol. The lowest BCUT2D eigenvalue weighted by Gasteiger charge is -2.49. The molecule has 0 unspecified atom stereocenters. The van der Waals surface area contributed by atoms with Crippen molar-refractivity contribution in [1.82, 2.24) is 0 Å². The lowest BCUT2D eigenvalue weighted by molar-refractivity contribution is -0.660. The molecule has 20 rings (SSSR count). The van der Waals surface area contributed by atoms with E-state index >= 15 is 0 Å². The summed E-state index contributed by atoms with van der Waals surface area (Å²) in [5.74, 6) is 0. The van der Waals surface area contributed by atoms with Gasteiger partial charge in [-0.1, -0.05) is 262 Å². The van der Waals surface area contributed by atoms with Gasteiger partial charge in [0.05, 0.1) is 5.56 Å². The largest absolute Gasteiger partial charge is 0.213 e. The van der Waals surface area contributed by atoms with E-state index in [9.17, 15) is 0 Å². The normalized spacial score (nSPS) is 17.8. The first-order valence-corrected chi connectivity index (χ1v) is 45.7. The van der Waals surface area contributed by atoms with Crippen LogP contribution in [0.4, 0.5) is 0 Å². The van der Waals surface area contributed by atoms with Crippen LogP contribution in [-0.2, 0) is 71.5 Å². The van der Waals surface area contributed by atoms with Crippen molar-refractivity contribution in [2.75, 3.05) is 0 Å². The SMILES string of the molecule is [2H]C([2H])([2H])c1c[n+](C)c(-c2c(C)ccc3c2-c2cc4ccccc4cc2C(C)(C)C3(C)C)cc1C.[2H]C([2H])([2H])c1c[n+](C)c(-c2cc3c(cc2C)-c2c(ccc4ccccc24)C(C)(C)C3(C)C)cc1C.[2H]C([2H])([2H])c1c[n+](C)c(-c2cc3c(cc2C)-c2cc4ccccc4cc2C(C)(C)C3(C)C)cc1C.[2H]C([2H])([2H])c1c[n+](C)c(-c2cc3c(cc2C)-c2ccc4ccccc4c2C(C)(C)C3(C)C)cc1C. The fraction of sp³-hybridized carbons (Fsp3) is 0.323. The summed E-state index contributed by atoms with van der Waals surface area (Å²) < 4.78 is 103. The van der Waals surface area contributed by atoms with Gasteiger partial charge < -0.3 is 0 Å². The molecule has 0 fully saturated rings. The second-order valence-electron chi connectivity index (χ2n) is 42.2. The molecule has 128 heavy (non-hydrogen) atoms. The van der Waals surface area contributed by atoms with Crippen molar-refractivity contribution in [1.29, 1.82) is 0 Å². The molecule has 12 aromatic carbocycles. The molecule has 4 aromatic heterocycles. The van der Waals surface area contributed by atoms with E-state index in [1.54, 1.807) is 24.8 Å². The summed E-state index contributed by atoms with van der Waals surface area (Å²) in [6.45, 7) is 45.5. The summed E-state index contributed by atoms with van der Waals surface area (Å²) in [6, 6.07) is 79.9. The molecule has 4 nitrogen and oxygen atoms in total. The summed E-state index contributed by atoms with van der Waals surface area (Å²) in [7, 11) is 7.79. The minimum atomic E-state index is -2.14. The van der Waals surface area contributed by atoms with Crippen LogP contribution in [0, 0.1) is 82.8 Å². The average Bonchev–Trinajstić information content (AvgIpc) is 0.703. The van der Waals surface area contributed by atoms with Crippen molar-refractivity contribution >= 4 is 43.1 Å².